The Hall–Kier alpha value is -1.85. The largest absolute Gasteiger partial charge is 0.446 e. The maximum Gasteiger partial charge on any atom is 0.446 e. The van der Waals surface area contributed by atoms with Gasteiger partial charge in [-0.1, -0.05) is 25.3 Å². The molecule has 6 heteroatoms. The number of nitrogens with zero attached hydrogens (tertiary/aromatic N) is 4. The van der Waals surface area contributed by atoms with E-state index in [0.717, 1.165) is 11.3 Å². The topological polar surface area (TPSA) is 65.1 Å². The summed E-state index contributed by atoms with van der Waals surface area (Å²) in [4.78, 5) is 33.4. The van der Waals surface area contributed by atoms with Gasteiger partial charge in [-0.05, 0) is 5.92 Å². The van der Waals surface area contributed by atoms with E-state index in [9.17, 15) is 9.59 Å². The molecule has 2 aliphatic rings. The molecule has 0 radical (unpaired) electrons. The van der Waals surface area contributed by atoms with Gasteiger partial charge in [-0.15, -0.1) is 0 Å². The summed E-state index contributed by atoms with van der Waals surface area (Å²) in [5.41, 5.74) is 0.276. The van der Waals surface area contributed by atoms with E-state index in [1.54, 1.807) is 11.5 Å². The summed E-state index contributed by atoms with van der Waals surface area (Å²) in [7, 11) is 1.47. The molecule has 0 saturated heterocycles. The molecule has 6 nitrogen and oxygen atoms in total. The first-order valence-electron chi connectivity index (χ1n) is 6.06. The Kier molecular flexibility index (Phi) is 3.11. The second kappa shape index (κ2) is 4.44. The van der Waals surface area contributed by atoms with E-state index in [1.165, 1.54) is 7.05 Å². The van der Waals surface area contributed by atoms with Crippen LogP contribution >= 0.6 is 0 Å². The summed E-state index contributed by atoms with van der Waals surface area (Å²) in [6.45, 7) is 6.40. The number of amidine groups is 2. The molecule has 0 fully saturated rings. The average Bonchev–Trinajstić information content (AvgIpc) is 2.73. The van der Waals surface area contributed by atoms with Crippen molar-refractivity contribution in [1.82, 2.24) is 4.90 Å². The van der Waals surface area contributed by atoms with Gasteiger partial charge in [0.15, 0.2) is 0 Å². The Balaban J connectivity index is 2.49. The molecule has 2 heterocycles. The van der Waals surface area contributed by atoms with Gasteiger partial charge in [-0.25, -0.2) is 14.6 Å². The molecule has 0 N–H and O–H groups in total. The summed E-state index contributed by atoms with van der Waals surface area (Å²) < 4.78 is 1.55. The summed E-state index contributed by atoms with van der Waals surface area (Å²) in [5.74, 6) is 0.892. The van der Waals surface area contributed by atoms with Crippen molar-refractivity contribution < 1.29 is 14.2 Å². The van der Waals surface area contributed by atoms with Crippen molar-refractivity contribution in [2.24, 2.45) is 15.9 Å². The van der Waals surface area contributed by atoms with Crippen molar-refractivity contribution in [2.45, 2.75) is 27.2 Å². The lowest BCUT2D eigenvalue weighted by Gasteiger charge is -2.20. The number of imide groups is 1. The minimum absolute atomic E-state index is 0.276. The van der Waals surface area contributed by atoms with Gasteiger partial charge in [0, 0.05) is 6.92 Å². The summed E-state index contributed by atoms with van der Waals surface area (Å²) in [5, 5.41) is 0. The van der Waals surface area contributed by atoms with Crippen LogP contribution in [0.2, 0.25) is 0 Å². The smallest absolute Gasteiger partial charge is 0.248 e. The van der Waals surface area contributed by atoms with Crippen molar-refractivity contribution in [3.8, 4) is 0 Å². The number of urea groups is 1. The molecule has 1 atom stereocenters. The number of carbonyl (C=O) groups excluding carboxylic acids is 2. The normalized spacial score (nSPS) is 21.0. The maximum absolute atomic E-state index is 12.1. The van der Waals surface area contributed by atoms with Crippen LogP contribution in [0.1, 0.15) is 27.2 Å². The lowest BCUT2D eigenvalue weighted by Crippen LogP contribution is -2.53. The number of amides is 3. The van der Waals surface area contributed by atoms with Crippen LogP contribution in [-0.2, 0) is 4.79 Å². The number of rotatable bonds is 3. The molecule has 2 rings (SSSR count). The Morgan fingerprint density at radius 1 is 1.33 bits per heavy atom. The van der Waals surface area contributed by atoms with Crippen molar-refractivity contribution in [3.63, 3.8) is 0 Å². The quantitative estimate of drug-likeness (QED) is 0.698. The van der Waals surface area contributed by atoms with Gasteiger partial charge in [-0.3, -0.25) is 0 Å². The molecule has 0 aromatic carbocycles. The predicted octanol–water partition coefficient (Wildman–Crippen LogP) is 0.909. The van der Waals surface area contributed by atoms with E-state index in [1.807, 2.05) is 0 Å². The molecule has 96 valence electrons. The monoisotopic (exact) mass is 249 g/mol. The molecular formula is C12H17N4O2+. The Morgan fingerprint density at radius 2 is 2.00 bits per heavy atom. The summed E-state index contributed by atoms with van der Waals surface area (Å²) in [6, 6.07) is -0.326. The fourth-order valence-corrected chi connectivity index (χ4v) is 1.90. The summed E-state index contributed by atoms with van der Waals surface area (Å²) in [6.07, 6.45) is 0.962. The zero-order chi connectivity index (χ0) is 13.4. The molecule has 0 aliphatic carbocycles. The second-order valence-corrected chi connectivity index (χ2v) is 4.71. The van der Waals surface area contributed by atoms with Crippen molar-refractivity contribution >= 4 is 29.3 Å². The van der Waals surface area contributed by atoms with Crippen LogP contribution in [0.25, 0.3) is 0 Å². The molecule has 2 aliphatic heterocycles. The number of hydrogen-bond donors (Lipinski definition) is 0. The van der Waals surface area contributed by atoms with E-state index < -0.39 is 0 Å². The fraction of sp³-hybridized carbons (Fsp3) is 0.583. The van der Waals surface area contributed by atoms with E-state index in [4.69, 9.17) is 0 Å². The Morgan fingerprint density at radius 3 is 2.61 bits per heavy atom. The third-order valence-electron chi connectivity index (χ3n) is 3.23. The fourth-order valence-electron chi connectivity index (χ4n) is 1.90. The maximum atomic E-state index is 12.1. The molecule has 0 aromatic rings. The van der Waals surface area contributed by atoms with Gasteiger partial charge in [0.25, 0.3) is 0 Å². The second-order valence-electron chi connectivity index (χ2n) is 4.71. The highest BCUT2D eigenvalue weighted by molar-refractivity contribution is 6.70. The highest BCUT2D eigenvalue weighted by Gasteiger charge is 2.45. The van der Waals surface area contributed by atoms with E-state index >= 15 is 0 Å². The van der Waals surface area contributed by atoms with Crippen molar-refractivity contribution in [2.75, 3.05) is 13.6 Å². The van der Waals surface area contributed by atoms with Gasteiger partial charge < -0.3 is 0 Å². The minimum Gasteiger partial charge on any atom is -0.248 e. The van der Waals surface area contributed by atoms with Crippen LogP contribution in [0.15, 0.2) is 9.98 Å². The molecular weight excluding hydrogens is 232 g/mol. The van der Waals surface area contributed by atoms with Gasteiger partial charge in [-0.2, -0.15) is 9.48 Å². The van der Waals surface area contributed by atoms with Crippen LogP contribution in [-0.4, -0.2) is 52.4 Å². The van der Waals surface area contributed by atoms with Crippen LogP contribution in [0.3, 0.4) is 0 Å². The zero-order valence-corrected chi connectivity index (χ0v) is 11.1. The molecule has 0 bridgehead atoms. The highest BCUT2D eigenvalue weighted by Crippen LogP contribution is 2.13. The summed E-state index contributed by atoms with van der Waals surface area (Å²) >= 11 is 0. The number of hydrogen-bond acceptors (Lipinski definition) is 4. The van der Waals surface area contributed by atoms with E-state index in [2.05, 4.69) is 23.8 Å². The standard InChI is InChI=1S/C12H17N4O2/c1-5-7(2)6-16-10-9(13-8(3)14-10)11(17)15(4)12(16)18/h7H,5-6H2,1-4H3/q+1. The first-order valence-corrected chi connectivity index (χ1v) is 6.06. The van der Waals surface area contributed by atoms with Gasteiger partial charge in [0.05, 0.1) is 13.6 Å². The SMILES string of the molecule is CCC(C)C[N+]1=C2N=C(C)N=C2C(=O)N(C)C1=O. The molecule has 18 heavy (non-hydrogen) atoms. The first-order chi connectivity index (χ1) is 8.45. The Bertz CT molecular complexity index is 516. The average molecular weight is 249 g/mol. The molecule has 0 spiro atoms. The van der Waals surface area contributed by atoms with Crippen LogP contribution in [0, 0.1) is 5.92 Å². The number of fused-ring (bicyclic) bond motifs is 1. The molecule has 1 unspecified atom stereocenters. The van der Waals surface area contributed by atoms with Gasteiger partial charge >= 0.3 is 17.8 Å². The third-order valence-corrected chi connectivity index (χ3v) is 3.23. The number of carbonyl (C=O) groups is 2. The van der Waals surface area contributed by atoms with Crippen LogP contribution in [0.5, 0.6) is 0 Å². The van der Waals surface area contributed by atoms with Crippen LogP contribution in [0.4, 0.5) is 4.79 Å². The zero-order valence-electron chi connectivity index (χ0n) is 11.1. The van der Waals surface area contributed by atoms with Crippen molar-refractivity contribution in [1.29, 1.82) is 0 Å². The van der Waals surface area contributed by atoms with Gasteiger partial charge in [0.1, 0.15) is 0 Å². The number of aliphatic imine (C=N–C) groups is 2. The van der Waals surface area contributed by atoms with Gasteiger partial charge in [0.2, 0.25) is 11.5 Å². The lowest BCUT2D eigenvalue weighted by atomic mass is 10.1. The third kappa shape index (κ3) is 1.87. The predicted molar refractivity (Wildman–Crippen MR) is 68.3 cm³/mol. The highest BCUT2D eigenvalue weighted by atomic mass is 16.2. The van der Waals surface area contributed by atoms with Crippen molar-refractivity contribution in [3.05, 3.63) is 0 Å². The van der Waals surface area contributed by atoms with Crippen LogP contribution < -0.4 is 0 Å². The minimum atomic E-state index is -0.379. The Labute approximate surface area is 106 Å². The first kappa shape index (κ1) is 12.6. The lowest BCUT2D eigenvalue weighted by molar-refractivity contribution is -0.443. The van der Waals surface area contributed by atoms with E-state index in [0.29, 0.717) is 24.1 Å². The molecule has 0 saturated carbocycles. The molecule has 3 amide bonds. The van der Waals surface area contributed by atoms with E-state index in [-0.39, 0.29) is 17.6 Å². The molecule has 0 aromatic heterocycles.